The van der Waals surface area contributed by atoms with E-state index in [-0.39, 0.29) is 5.54 Å². The summed E-state index contributed by atoms with van der Waals surface area (Å²) >= 11 is 0. The van der Waals surface area contributed by atoms with Gasteiger partial charge in [0.2, 0.25) is 0 Å². The molecular weight excluding hydrogens is 214 g/mol. The van der Waals surface area contributed by atoms with Gasteiger partial charge < -0.3 is 10.1 Å². The molecule has 17 heavy (non-hydrogen) atoms. The number of methoxy groups -OCH3 is 1. The summed E-state index contributed by atoms with van der Waals surface area (Å²) in [6.07, 6.45) is 5.07. The number of rotatable bonds is 6. The Labute approximate surface area is 104 Å². The van der Waals surface area contributed by atoms with Crippen LogP contribution in [-0.2, 0) is 16.8 Å². The Bertz CT molecular complexity index is 328. The van der Waals surface area contributed by atoms with Crippen LogP contribution in [0.2, 0.25) is 0 Å². The van der Waals surface area contributed by atoms with E-state index in [1.807, 2.05) is 10.9 Å². The maximum absolute atomic E-state index is 5.06. The molecule has 1 N–H and O–H groups in total. The average Bonchev–Trinajstić information content (AvgIpc) is 2.71. The molecule has 98 valence electrons. The minimum atomic E-state index is 0.0555. The first-order valence-electron chi connectivity index (χ1n) is 6.20. The zero-order chi connectivity index (χ0) is 12.9. The van der Waals surface area contributed by atoms with Gasteiger partial charge >= 0.3 is 0 Å². The standard InChI is InChI=1S/C13H25N3O/c1-11(6-7-17-5)14-8-12-9-15-16(10-12)13(2,3)4/h9-11,14H,6-8H2,1-5H3. The van der Waals surface area contributed by atoms with E-state index in [0.717, 1.165) is 19.6 Å². The molecule has 0 fully saturated rings. The second-order valence-electron chi connectivity index (χ2n) is 5.53. The smallest absolute Gasteiger partial charge is 0.0543 e. The molecule has 0 aromatic carbocycles. The van der Waals surface area contributed by atoms with Crippen molar-refractivity contribution in [1.29, 1.82) is 0 Å². The van der Waals surface area contributed by atoms with Crippen LogP contribution >= 0.6 is 0 Å². The lowest BCUT2D eigenvalue weighted by Crippen LogP contribution is -2.26. The number of hydrogen-bond acceptors (Lipinski definition) is 3. The van der Waals surface area contributed by atoms with Crippen molar-refractivity contribution >= 4 is 0 Å². The van der Waals surface area contributed by atoms with Crippen LogP contribution in [0.15, 0.2) is 12.4 Å². The van der Waals surface area contributed by atoms with E-state index in [4.69, 9.17) is 4.74 Å². The molecule has 1 aromatic rings. The van der Waals surface area contributed by atoms with Crippen LogP contribution in [0.25, 0.3) is 0 Å². The lowest BCUT2D eigenvalue weighted by atomic mass is 10.1. The summed E-state index contributed by atoms with van der Waals surface area (Å²) in [7, 11) is 1.74. The molecule has 0 aliphatic carbocycles. The molecule has 1 aromatic heterocycles. The summed E-state index contributed by atoms with van der Waals surface area (Å²) < 4.78 is 7.06. The molecule has 4 heteroatoms. The molecule has 0 amide bonds. The molecule has 1 heterocycles. The number of nitrogens with one attached hydrogen (secondary N) is 1. The number of ether oxygens (including phenoxy) is 1. The van der Waals surface area contributed by atoms with E-state index in [1.54, 1.807) is 7.11 Å². The van der Waals surface area contributed by atoms with Gasteiger partial charge in [-0.15, -0.1) is 0 Å². The molecule has 0 spiro atoms. The average molecular weight is 239 g/mol. The summed E-state index contributed by atoms with van der Waals surface area (Å²) in [5.74, 6) is 0. The Morgan fingerprint density at radius 3 is 2.71 bits per heavy atom. The summed E-state index contributed by atoms with van der Waals surface area (Å²) in [4.78, 5) is 0. The van der Waals surface area contributed by atoms with E-state index < -0.39 is 0 Å². The van der Waals surface area contributed by atoms with Crippen molar-refractivity contribution in [2.24, 2.45) is 0 Å². The fourth-order valence-electron chi connectivity index (χ4n) is 1.51. The van der Waals surface area contributed by atoms with Gasteiger partial charge in [-0.05, 0) is 34.1 Å². The Morgan fingerprint density at radius 2 is 2.18 bits per heavy atom. The zero-order valence-electron chi connectivity index (χ0n) is 11.7. The van der Waals surface area contributed by atoms with Crippen molar-refractivity contribution in [2.45, 2.75) is 52.2 Å². The van der Waals surface area contributed by atoms with Gasteiger partial charge in [-0.25, -0.2) is 0 Å². The topological polar surface area (TPSA) is 39.1 Å². The van der Waals surface area contributed by atoms with Crippen LogP contribution in [0.4, 0.5) is 0 Å². The summed E-state index contributed by atoms with van der Waals surface area (Å²) in [6.45, 7) is 10.3. The third kappa shape index (κ3) is 4.88. The lowest BCUT2D eigenvalue weighted by Gasteiger charge is -2.18. The van der Waals surface area contributed by atoms with Gasteiger partial charge in [-0.2, -0.15) is 5.10 Å². The minimum Gasteiger partial charge on any atom is -0.385 e. The van der Waals surface area contributed by atoms with E-state index in [2.05, 4.69) is 44.3 Å². The monoisotopic (exact) mass is 239 g/mol. The molecular formula is C13H25N3O. The Hall–Kier alpha value is -0.870. The normalized spacial score (nSPS) is 13.9. The molecule has 0 bridgehead atoms. The highest BCUT2D eigenvalue weighted by atomic mass is 16.5. The first-order valence-corrected chi connectivity index (χ1v) is 6.20. The molecule has 0 saturated carbocycles. The van der Waals surface area contributed by atoms with Crippen molar-refractivity contribution in [1.82, 2.24) is 15.1 Å². The van der Waals surface area contributed by atoms with Gasteiger partial charge in [0.05, 0.1) is 11.7 Å². The van der Waals surface area contributed by atoms with E-state index >= 15 is 0 Å². The van der Waals surface area contributed by atoms with Crippen molar-refractivity contribution in [2.75, 3.05) is 13.7 Å². The Kier molecular flexibility index (Phi) is 5.15. The summed E-state index contributed by atoms with van der Waals surface area (Å²) in [5, 5.41) is 7.84. The predicted molar refractivity (Wildman–Crippen MR) is 70.0 cm³/mol. The molecule has 0 radical (unpaired) electrons. The quantitative estimate of drug-likeness (QED) is 0.827. The van der Waals surface area contributed by atoms with E-state index in [0.29, 0.717) is 6.04 Å². The van der Waals surface area contributed by atoms with E-state index in [9.17, 15) is 0 Å². The predicted octanol–water partition coefficient (Wildman–Crippen LogP) is 2.15. The third-order valence-electron chi connectivity index (χ3n) is 2.73. The lowest BCUT2D eigenvalue weighted by molar-refractivity contribution is 0.184. The van der Waals surface area contributed by atoms with Crippen LogP contribution in [0.3, 0.4) is 0 Å². The second kappa shape index (κ2) is 6.17. The minimum absolute atomic E-state index is 0.0555. The first-order chi connectivity index (χ1) is 7.93. The number of hydrogen-bond donors (Lipinski definition) is 1. The van der Waals surface area contributed by atoms with E-state index in [1.165, 1.54) is 5.56 Å². The first kappa shape index (κ1) is 14.2. The largest absolute Gasteiger partial charge is 0.385 e. The molecule has 1 atom stereocenters. The molecule has 1 rings (SSSR count). The molecule has 4 nitrogen and oxygen atoms in total. The van der Waals surface area contributed by atoms with Crippen molar-refractivity contribution < 1.29 is 4.74 Å². The molecule has 0 saturated heterocycles. The molecule has 1 unspecified atom stereocenters. The van der Waals surface area contributed by atoms with Crippen LogP contribution in [0.5, 0.6) is 0 Å². The highest BCUT2D eigenvalue weighted by Gasteiger charge is 2.13. The third-order valence-corrected chi connectivity index (χ3v) is 2.73. The Morgan fingerprint density at radius 1 is 1.47 bits per heavy atom. The van der Waals surface area contributed by atoms with Crippen LogP contribution < -0.4 is 5.32 Å². The number of nitrogens with zero attached hydrogens (tertiary/aromatic N) is 2. The van der Waals surface area contributed by atoms with Gasteiger partial charge in [0.15, 0.2) is 0 Å². The summed E-state index contributed by atoms with van der Waals surface area (Å²) in [5.41, 5.74) is 1.28. The SMILES string of the molecule is COCCC(C)NCc1cnn(C(C)(C)C)c1. The fourth-order valence-corrected chi connectivity index (χ4v) is 1.51. The van der Waals surface area contributed by atoms with Crippen molar-refractivity contribution in [3.63, 3.8) is 0 Å². The molecule has 0 aliphatic heterocycles. The number of aromatic nitrogens is 2. The second-order valence-corrected chi connectivity index (χ2v) is 5.53. The van der Waals surface area contributed by atoms with Gasteiger partial charge in [0, 0.05) is 38.1 Å². The van der Waals surface area contributed by atoms with Crippen LogP contribution in [0.1, 0.15) is 39.7 Å². The zero-order valence-corrected chi connectivity index (χ0v) is 11.7. The highest BCUT2D eigenvalue weighted by molar-refractivity contribution is 5.05. The van der Waals surface area contributed by atoms with Crippen LogP contribution in [0, 0.1) is 0 Å². The van der Waals surface area contributed by atoms with Crippen molar-refractivity contribution in [3.8, 4) is 0 Å². The van der Waals surface area contributed by atoms with Gasteiger partial charge in [0.25, 0.3) is 0 Å². The Balaban J connectivity index is 2.40. The summed E-state index contributed by atoms with van der Waals surface area (Å²) in [6, 6.07) is 0.466. The van der Waals surface area contributed by atoms with Gasteiger partial charge in [0.1, 0.15) is 0 Å². The maximum Gasteiger partial charge on any atom is 0.0543 e. The van der Waals surface area contributed by atoms with Gasteiger partial charge in [-0.1, -0.05) is 0 Å². The van der Waals surface area contributed by atoms with Crippen molar-refractivity contribution in [3.05, 3.63) is 18.0 Å². The molecule has 0 aliphatic rings. The fraction of sp³-hybridized carbons (Fsp3) is 0.769. The van der Waals surface area contributed by atoms with Gasteiger partial charge in [-0.3, -0.25) is 4.68 Å². The maximum atomic E-state index is 5.06. The van der Waals surface area contributed by atoms with Crippen LogP contribution in [-0.4, -0.2) is 29.5 Å². The highest BCUT2D eigenvalue weighted by Crippen LogP contribution is 2.13.